The molecule has 190 valence electrons. The van der Waals surface area contributed by atoms with Crippen molar-refractivity contribution in [3.63, 3.8) is 0 Å². The van der Waals surface area contributed by atoms with Crippen LogP contribution < -0.4 is 21.3 Å². The number of benzene rings is 2. The predicted octanol–water partition coefficient (Wildman–Crippen LogP) is 4.46. The summed E-state index contributed by atoms with van der Waals surface area (Å²) in [6, 6.07) is 11.7. The van der Waals surface area contributed by atoms with Gasteiger partial charge >= 0.3 is 6.18 Å². The molecule has 1 aliphatic heterocycles. The van der Waals surface area contributed by atoms with E-state index >= 15 is 0 Å². The lowest BCUT2D eigenvalue weighted by molar-refractivity contribution is -0.137. The highest BCUT2D eigenvalue weighted by Crippen LogP contribution is 2.31. The standard InChI is InChI=1S/C25H25F4N5O2/c26-19-10-16(9-18(12-19)25(27,28)29)14-31-22-13-24(32-15-17(22)11-23(30)35)33-20-1-3-21(4-2-20)34-5-7-36-8-6-34/h1-4,9-10,12-13,15H,5-8,11,14H2,(H2,30,35)(H2,31,32,33). The highest BCUT2D eigenvalue weighted by molar-refractivity contribution is 5.79. The summed E-state index contributed by atoms with van der Waals surface area (Å²) in [5, 5.41) is 6.15. The number of halogens is 4. The number of nitrogens with zero attached hydrogens (tertiary/aromatic N) is 2. The molecular weight excluding hydrogens is 478 g/mol. The quantitative estimate of drug-likeness (QED) is 0.393. The van der Waals surface area contributed by atoms with E-state index in [4.69, 9.17) is 10.5 Å². The molecule has 3 aromatic rings. The zero-order valence-electron chi connectivity index (χ0n) is 19.2. The number of primary amides is 1. The van der Waals surface area contributed by atoms with Gasteiger partial charge in [-0.1, -0.05) is 0 Å². The summed E-state index contributed by atoms with van der Waals surface area (Å²) >= 11 is 0. The molecule has 1 aliphatic rings. The number of rotatable bonds is 8. The van der Waals surface area contributed by atoms with Crippen molar-refractivity contribution in [2.24, 2.45) is 5.73 Å². The Morgan fingerprint density at radius 1 is 1.08 bits per heavy atom. The minimum atomic E-state index is -4.67. The van der Waals surface area contributed by atoms with Crippen molar-refractivity contribution >= 4 is 28.8 Å². The maximum atomic E-state index is 13.8. The first kappa shape index (κ1) is 25.2. The first-order valence-electron chi connectivity index (χ1n) is 11.2. The van der Waals surface area contributed by atoms with Gasteiger partial charge in [0.25, 0.3) is 0 Å². The maximum absolute atomic E-state index is 13.8. The third-order valence-corrected chi connectivity index (χ3v) is 5.63. The number of hydrogen-bond acceptors (Lipinski definition) is 6. The van der Waals surface area contributed by atoms with E-state index in [2.05, 4.69) is 20.5 Å². The molecule has 0 aliphatic carbocycles. The van der Waals surface area contributed by atoms with Gasteiger partial charge < -0.3 is 26.0 Å². The number of nitrogens with two attached hydrogens (primary N) is 1. The van der Waals surface area contributed by atoms with E-state index in [-0.39, 0.29) is 18.5 Å². The Morgan fingerprint density at radius 3 is 2.47 bits per heavy atom. The molecule has 1 fully saturated rings. The van der Waals surface area contributed by atoms with Crippen LogP contribution >= 0.6 is 0 Å². The van der Waals surface area contributed by atoms with Crippen molar-refractivity contribution in [2.45, 2.75) is 19.1 Å². The minimum absolute atomic E-state index is 0.0948. The summed E-state index contributed by atoms with van der Waals surface area (Å²) in [5.41, 5.74) is 7.09. The molecule has 1 aromatic heterocycles. The highest BCUT2D eigenvalue weighted by Gasteiger charge is 2.31. The lowest BCUT2D eigenvalue weighted by Gasteiger charge is -2.28. The van der Waals surface area contributed by atoms with Crippen molar-refractivity contribution in [1.29, 1.82) is 0 Å². The topological polar surface area (TPSA) is 92.5 Å². The Labute approximate surface area is 205 Å². The number of hydrogen-bond donors (Lipinski definition) is 3. The number of alkyl halides is 3. The molecule has 2 aromatic carbocycles. The van der Waals surface area contributed by atoms with E-state index in [1.165, 1.54) is 6.20 Å². The Balaban J connectivity index is 1.51. The second-order valence-corrected chi connectivity index (χ2v) is 8.34. The van der Waals surface area contributed by atoms with E-state index < -0.39 is 23.5 Å². The number of morpholine rings is 1. The van der Waals surface area contributed by atoms with Gasteiger partial charge in [-0.25, -0.2) is 9.37 Å². The lowest BCUT2D eigenvalue weighted by atomic mass is 10.1. The zero-order valence-corrected chi connectivity index (χ0v) is 19.2. The third-order valence-electron chi connectivity index (χ3n) is 5.63. The van der Waals surface area contributed by atoms with Crippen LogP contribution in [0.1, 0.15) is 16.7 Å². The van der Waals surface area contributed by atoms with Gasteiger partial charge in [-0.3, -0.25) is 4.79 Å². The average molecular weight is 504 g/mol. The molecule has 0 bridgehead atoms. The first-order chi connectivity index (χ1) is 17.2. The van der Waals surface area contributed by atoms with Crippen LogP contribution in [-0.2, 0) is 28.7 Å². The van der Waals surface area contributed by atoms with Gasteiger partial charge in [0.2, 0.25) is 5.91 Å². The molecule has 11 heteroatoms. The largest absolute Gasteiger partial charge is 0.416 e. The number of carbonyl (C=O) groups is 1. The normalized spacial score (nSPS) is 13.9. The number of amides is 1. The molecule has 0 radical (unpaired) electrons. The van der Waals surface area contributed by atoms with E-state index in [9.17, 15) is 22.4 Å². The van der Waals surface area contributed by atoms with Crippen molar-refractivity contribution in [2.75, 3.05) is 41.8 Å². The Kier molecular flexibility index (Phi) is 7.58. The summed E-state index contributed by atoms with van der Waals surface area (Å²) in [5.74, 6) is -1.14. The zero-order chi connectivity index (χ0) is 25.7. The fourth-order valence-corrected chi connectivity index (χ4v) is 3.88. The molecule has 1 saturated heterocycles. The number of carbonyl (C=O) groups excluding carboxylic acids is 1. The fraction of sp³-hybridized carbons (Fsp3) is 0.280. The van der Waals surface area contributed by atoms with Gasteiger partial charge in [0, 0.05) is 54.5 Å². The van der Waals surface area contributed by atoms with Gasteiger partial charge in [-0.05, 0) is 48.0 Å². The highest BCUT2D eigenvalue weighted by atomic mass is 19.4. The third kappa shape index (κ3) is 6.63. The van der Waals surface area contributed by atoms with Crippen molar-refractivity contribution in [1.82, 2.24) is 4.98 Å². The van der Waals surface area contributed by atoms with Crippen molar-refractivity contribution < 1.29 is 27.1 Å². The van der Waals surface area contributed by atoms with E-state index in [1.807, 2.05) is 24.3 Å². The van der Waals surface area contributed by atoms with Gasteiger partial charge in [0.15, 0.2) is 0 Å². The van der Waals surface area contributed by atoms with Crippen LogP contribution in [0.15, 0.2) is 54.7 Å². The van der Waals surface area contributed by atoms with Crippen LogP contribution in [0.25, 0.3) is 0 Å². The van der Waals surface area contributed by atoms with E-state index in [0.29, 0.717) is 36.3 Å². The Morgan fingerprint density at radius 2 is 1.81 bits per heavy atom. The number of pyridine rings is 1. The molecular formula is C25H25F4N5O2. The number of ether oxygens (including phenoxy) is 1. The van der Waals surface area contributed by atoms with Crippen LogP contribution in [0.4, 0.5) is 40.4 Å². The Hall–Kier alpha value is -3.86. The van der Waals surface area contributed by atoms with Crippen LogP contribution in [0.5, 0.6) is 0 Å². The molecule has 1 amide bonds. The molecule has 36 heavy (non-hydrogen) atoms. The number of anilines is 4. The maximum Gasteiger partial charge on any atom is 0.416 e. The van der Waals surface area contributed by atoms with Crippen molar-refractivity contribution in [3.8, 4) is 0 Å². The van der Waals surface area contributed by atoms with Gasteiger partial charge in [0.05, 0.1) is 25.2 Å². The fourth-order valence-electron chi connectivity index (χ4n) is 3.88. The number of aromatic nitrogens is 1. The summed E-state index contributed by atoms with van der Waals surface area (Å²) in [4.78, 5) is 18.0. The minimum Gasteiger partial charge on any atom is -0.381 e. The second kappa shape index (κ2) is 10.8. The first-order valence-corrected chi connectivity index (χ1v) is 11.2. The summed E-state index contributed by atoms with van der Waals surface area (Å²) in [6.07, 6.45) is -3.33. The summed E-state index contributed by atoms with van der Waals surface area (Å²) in [7, 11) is 0. The average Bonchev–Trinajstić information content (AvgIpc) is 2.84. The van der Waals surface area contributed by atoms with Gasteiger partial charge in [-0.15, -0.1) is 0 Å². The SMILES string of the molecule is NC(=O)Cc1cnc(Nc2ccc(N3CCOCC3)cc2)cc1NCc1cc(F)cc(C(F)(F)F)c1. The van der Waals surface area contributed by atoms with Crippen LogP contribution in [-0.4, -0.2) is 37.2 Å². The number of nitrogens with one attached hydrogen (secondary N) is 2. The van der Waals surface area contributed by atoms with Crippen molar-refractivity contribution in [3.05, 3.63) is 77.2 Å². The van der Waals surface area contributed by atoms with E-state index in [1.54, 1.807) is 6.07 Å². The predicted molar refractivity (Wildman–Crippen MR) is 129 cm³/mol. The smallest absolute Gasteiger partial charge is 0.381 e. The molecule has 7 nitrogen and oxygen atoms in total. The second-order valence-electron chi connectivity index (χ2n) is 8.34. The van der Waals surface area contributed by atoms with Crippen LogP contribution in [0.3, 0.4) is 0 Å². The van der Waals surface area contributed by atoms with E-state index in [0.717, 1.165) is 36.6 Å². The summed E-state index contributed by atoms with van der Waals surface area (Å²) < 4.78 is 58.3. The van der Waals surface area contributed by atoms with Gasteiger partial charge in [0.1, 0.15) is 11.6 Å². The molecule has 0 atom stereocenters. The van der Waals surface area contributed by atoms with Crippen LogP contribution in [0, 0.1) is 5.82 Å². The molecule has 0 saturated carbocycles. The monoisotopic (exact) mass is 503 g/mol. The lowest BCUT2D eigenvalue weighted by Crippen LogP contribution is -2.36. The summed E-state index contributed by atoms with van der Waals surface area (Å²) in [6.45, 7) is 2.90. The molecule has 0 unspecified atom stereocenters. The molecule has 2 heterocycles. The van der Waals surface area contributed by atoms with Crippen LogP contribution in [0.2, 0.25) is 0 Å². The molecule has 0 spiro atoms. The van der Waals surface area contributed by atoms with Gasteiger partial charge in [-0.2, -0.15) is 13.2 Å². The molecule has 4 rings (SSSR count). The Bertz CT molecular complexity index is 1210. The molecule has 4 N–H and O–H groups in total.